The normalized spacial score (nSPS) is 12.0. The number of anilines is 1. The molecular weight excluding hydrogens is 585 g/mol. The van der Waals surface area contributed by atoms with Gasteiger partial charge in [-0.25, -0.2) is 8.42 Å². The SMILES string of the molecule is CCCCNC(=O)[C@@H](C)N(Cc1ccc(OC)cc1)C(=O)CN(c1cc(Cl)cc(Cl)c1)S(=O)(=O)c1ccc(C)cc1. The summed E-state index contributed by atoms with van der Waals surface area (Å²) >= 11 is 12.5. The smallest absolute Gasteiger partial charge is 0.264 e. The molecule has 0 saturated carbocycles. The van der Waals surface area contributed by atoms with Crippen molar-refractivity contribution in [1.82, 2.24) is 10.2 Å². The van der Waals surface area contributed by atoms with Crippen molar-refractivity contribution in [3.8, 4) is 5.75 Å². The molecule has 220 valence electrons. The maximum Gasteiger partial charge on any atom is 0.264 e. The highest BCUT2D eigenvalue weighted by Crippen LogP contribution is 2.30. The number of benzene rings is 3. The van der Waals surface area contributed by atoms with Crippen molar-refractivity contribution < 1.29 is 22.7 Å². The van der Waals surface area contributed by atoms with E-state index in [1.807, 2.05) is 13.8 Å². The van der Waals surface area contributed by atoms with Crippen molar-refractivity contribution in [2.75, 3.05) is 24.5 Å². The molecule has 0 bridgehead atoms. The third-order valence-electron chi connectivity index (χ3n) is 6.53. The van der Waals surface area contributed by atoms with Crippen LogP contribution >= 0.6 is 23.2 Å². The first-order valence-corrected chi connectivity index (χ1v) is 15.4. The number of carbonyl (C=O) groups is 2. The second-order valence-corrected chi connectivity index (χ2v) is 12.4. The third-order valence-corrected chi connectivity index (χ3v) is 8.76. The molecule has 0 unspecified atom stereocenters. The number of aryl methyl sites for hydroxylation is 1. The Labute approximate surface area is 252 Å². The molecule has 0 spiro atoms. The van der Waals surface area contributed by atoms with Gasteiger partial charge >= 0.3 is 0 Å². The highest BCUT2D eigenvalue weighted by molar-refractivity contribution is 7.92. The van der Waals surface area contributed by atoms with Crippen LogP contribution in [0.25, 0.3) is 0 Å². The Hall–Kier alpha value is -3.27. The molecule has 0 aromatic heterocycles. The van der Waals surface area contributed by atoms with Gasteiger partial charge in [-0.15, -0.1) is 0 Å². The van der Waals surface area contributed by atoms with Crippen molar-refractivity contribution in [1.29, 1.82) is 0 Å². The van der Waals surface area contributed by atoms with Crippen molar-refractivity contribution in [3.05, 3.63) is 87.9 Å². The molecule has 11 heteroatoms. The van der Waals surface area contributed by atoms with E-state index in [0.717, 1.165) is 28.3 Å². The Morgan fingerprint density at radius 2 is 1.59 bits per heavy atom. The molecule has 2 amide bonds. The Morgan fingerprint density at radius 1 is 0.976 bits per heavy atom. The van der Waals surface area contributed by atoms with Gasteiger partial charge in [-0.3, -0.25) is 13.9 Å². The first kappa shape index (κ1) is 32.2. The molecule has 1 atom stereocenters. The van der Waals surface area contributed by atoms with E-state index >= 15 is 0 Å². The first-order valence-electron chi connectivity index (χ1n) is 13.2. The third kappa shape index (κ3) is 8.61. The van der Waals surface area contributed by atoms with E-state index in [4.69, 9.17) is 27.9 Å². The number of rotatable bonds is 13. The first-order chi connectivity index (χ1) is 19.5. The van der Waals surface area contributed by atoms with Crippen LogP contribution in [0.5, 0.6) is 5.75 Å². The predicted octanol–water partition coefficient (Wildman–Crippen LogP) is 5.84. The summed E-state index contributed by atoms with van der Waals surface area (Å²) in [6.45, 7) is 5.44. The number of amides is 2. The van der Waals surface area contributed by atoms with Crippen molar-refractivity contribution in [2.45, 2.75) is 51.1 Å². The fourth-order valence-corrected chi connectivity index (χ4v) is 6.01. The van der Waals surface area contributed by atoms with E-state index in [-0.39, 0.29) is 33.1 Å². The molecule has 3 rings (SSSR count). The lowest BCUT2D eigenvalue weighted by molar-refractivity contribution is -0.139. The molecule has 41 heavy (non-hydrogen) atoms. The second kappa shape index (κ2) is 14.6. The number of unbranched alkanes of at least 4 members (excludes halogenated alkanes) is 1. The largest absolute Gasteiger partial charge is 0.497 e. The number of ether oxygens (including phenoxy) is 1. The fourth-order valence-electron chi connectivity index (χ4n) is 4.10. The second-order valence-electron chi connectivity index (χ2n) is 9.64. The highest BCUT2D eigenvalue weighted by Gasteiger charge is 2.32. The minimum Gasteiger partial charge on any atom is -0.497 e. The van der Waals surface area contributed by atoms with Crippen LogP contribution in [0.4, 0.5) is 5.69 Å². The fraction of sp³-hybridized carbons (Fsp3) is 0.333. The molecule has 0 fully saturated rings. The number of nitrogens with zero attached hydrogens (tertiary/aromatic N) is 2. The van der Waals surface area contributed by atoms with Gasteiger partial charge in [0.25, 0.3) is 10.0 Å². The molecule has 0 heterocycles. The van der Waals surface area contributed by atoms with Gasteiger partial charge in [-0.1, -0.05) is 66.4 Å². The maximum atomic E-state index is 14.0. The lowest BCUT2D eigenvalue weighted by Gasteiger charge is -2.32. The zero-order valence-corrected chi connectivity index (χ0v) is 25.9. The number of methoxy groups -OCH3 is 1. The molecule has 3 aromatic rings. The van der Waals surface area contributed by atoms with Crippen molar-refractivity contribution in [2.24, 2.45) is 0 Å². The minimum atomic E-state index is -4.23. The molecule has 0 radical (unpaired) electrons. The number of carbonyl (C=O) groups excluding carboxylic acids is 2. The summed E-state index contributed by atoms with van der Waals surface area (Å²) in [5.41, 5.74) is 1.75. The van der Waals surface area contributed by atoms with Crippen LogP contribution in [-0.4, -0.2) is 51.4 Å². The maximum absolute atomic E-state index is 14.0. The van der Waals surface area contributed by atoms with Gasteiger partial charge in [0.05, 0.1) is 17.7 Å². The molecule has 3 aromatic carbocycles. The number of sulfonamides is 1. The van der Waals surface area contributed by atoms with Gasteiger partial charge in [-0.05, 0) is 68.3 Å². The topological polar surface area (TPSA) is 96.0 Å². The summed E-state index contributed by atoms with van der Waals surface area (Å²) in [6.07, 6.45) is 1.69. The van der Waals surface area contributed by atoms with Gasteiger partial charge in [0.15, 0.2) is 0 Å². The highest BCUT2D eigenvalue weighted by atomic mass is 35.5. The van der Waals surface area contributed by atoms with Crippen LogP contribution in [0.3, 0.4) is 0 Å². The van der Waals surface area contributed by atoms with Crippen LogP contribution in [0, 0.1) is 6.92 Å². The van der Waals surface area contributed by atoms with Crippen LogP contribution in [0.15, 0.2) is 71.6 Å². The van der Waals surface area contributed by atoms with Crippen LogP contribution < -0.4 is 14.4 Å². The van der Waals surface area contributed by atoms with E-state index in [9.17, 15) is 18.0 Å². The van der Waals surface area contributed by atoms with Crippen LogP contribution in [0.2, 0.25) is 10.0 Å². The average molecular weight is 621 g/mol. The zero-order valence-electron chi connectivity index (χ0n) is 23.6. The summed E-state index contributed by atoms with van der Waals surface area (Å²) in [7, 11) is -2.67. The number of nitrogens with one attached hydrogen (secondary N) is 1. The van der Waals surface area contributed by atoms with E-state index in [1.165, 1.54) is 35.2 Å². The number of halogens is 2. The molecular formula is C30H35Cl2N3O5S. The number of hydrogen-bond donors (Lipinski definition) is 1. The van der Waals surface area contributed by atoms with E-state index in [2.05, 4.69) is 5.32 Å². The van der Waals surface area contributed by atoms with Crippen LogP contribution in [0.1, 0.15) is 37.8 Å². The minimum absolute atomic E-state index is 0.000871. The molecule has 0 aliphatic rings. The van der Waals surface area contributed by atoms with Crippen LogP contribution in [-0.2, 0) is 26.2 Å². The summed E-state index contributed by atoms with van der Waals surface area (Å²) in [5.74, 6) is -0.269. The van der Waals surface area contributed by atoms with E-state index in [0.29, 0.717) is 12.3 Å². The summed E-state index contributed by atoms with van der Waals surface area (Å²) < 4.78 is 34.0. The lowest BCUT2D eigenvalue weighted by atomic mass is 10.1. The molecule has 0 aliphatic carbocycles. The quantitative estimate of drug-likeness (QED) is 0.243. The molecule has 1 N–H and O–H groups in total. The van der Waals surface area contributed by atoms with Gasteiger partial charge in [0.1, 0.15) is 18.3 Å². The molecule has 0 saturated heterocycles. The summed E-state index contributed by atoms with van der Waals surface area (Å²) in [5, 5.41) is 3.29. The van der Waals surface area contributed by atoms with Gasteiger partial charge in [-0.2, -0.15) is 0 Å². The van der Waals surface area contributed by atoms with Crippen molar-refractivity contribution in [3.63, 3.8) is 0 Å². The number of hydrogen-bond acceptors (Lipinski definition) is 5. The Bertz CT molecular complexity index is 1430. The van der Waals surface area contributed by atoms with E-state index < -0.39 is 28.5 Å². The van der Waals surface area contributed by atoms with Crippen molar-refractivity contribution >= 4 is 50.7 Å². The van der Waals surface area contributed by atoms with Gasteiger partial charge in [0.2, 0.25) is 11.8 Å². The van der Waals surface area contributed by atoms with E-state index in [1.54, 1.807) is 50.4 Å². The monoisotopic (exact) mass is 619 g/mol. The zero-order chi connectivity index (χ0) is 30.2. The molecule has 0 aliphatic heterocycles. The Kier molecular flexibility index (Phi) is 11.5. The molecule has 8 nitrogen and oxygen atoms in total. The Morgan fingerprint density at radius 3 is 2.15 bits per heavy atom. The Balaban J connectivity index is 2.03. The predicted molar refractivity (Wildman–Crippen MR) is 163 cm³/mol. The summed E-state index contributed by atoms with van der Waals surface area (Å²) in [6, 6.07) is 16.9. The lowest BCUT2D eigenvalue weighted by Crippen LogP contribution is -2.51. The van der Waals surface area contributed by atoms with Gasteiger partial charge in [0, 0.05) is 23.1 Å². The standard InChI is InChI=1S/C30H35Cl2N3O5S/c1-5-6-15-33-30(37)22(3)34(19-23-9-11-27(40-4)12-10-23)29(36)20-35(26-17-24(31)16-25(32)18-26)41(38,39)28-13-7-21(2)8-14-28/h7-14,16-18,22H,5-6,15,19-20H2,1-4H3,(H,33,37)/t22-/m1/s1. The average Bonchev–Trinajstić information content (AvgIpc) is 2.94. The summed E-state index contributed by atoms with van der Waals surface area (Å²) in [4.78, 5) is 28.4. The van der Waals surface area contributed by atoms with Gasteiger partial charge < -0.3 is 15.0 Å².